The molecule has 0 bridgehead atoms. The molecule has 0 saturated carbocycles. The van der Waals surface area contributed by atoms with E-state index in [1.165, 1.54) is 0 Å². The summed E-state index contributed by atoms with van der Waals surface area (Å²) in [5, 5.41) is 19.7. The van der Waals surface area contributed by atoms with Gasteiger partial charge in [0, 0.05) is 23.2 Å². The number of nitro groups is 1. The highest BCUT2D eigenvalue weighted by Gasteiger charge is 2.40. The minimum absolute atomic E-state index is 0.0349. The van der Waals surface area contributed by atoms with Crippen molar-refractivity contribution >= 4 is 37.6 Å². The van der Waals surface area contributed by atoms with Gasteiger partial charge in [0.1, 0.15) is 6.04 Å². The van der Waals surface area contributed by atoms with Gasteiger partial charge in [0.25, 0.3) is 5.69 Å². The molecule has 1 aromatic carbocycles. The molecule has 8 nitrogen and oxygen atoms in total. The minimum Gasteiger partial charge on any atom is -0.480 e. The number of hydrogen-bond acceptors (Lipinski definition) is 5. The molecule has 10 heteroatoms. The number of aliphatic carboxylic acids is 1. The van der Waals surface area contributed by atoms with Gasteiger partial charge in [0.2, 0.25) is 10.0 Å². The summed E-state index contributed by atoms with van der Waals surface area (Å²) >= 11 is 3.00. The number of benzene rings is 1. The Morgan fingerprint density at radius 2 is 2.14 bits per heavy atom. The van der Waals surface area contributed by atoms with Crippen molar-refractivity contribution in [3.05, 3.63) is 32.8 Å². The molecule has 21 heavy (non-hydrogen) atoms. The number of rotatable bonds is 4. The fraction of sp³-hybridized carbons (Fsp3) is 0.364. The van der Waals surface area contributed by atoms with Crippen molar-refractivity contribution in [2.75, 3.05) is 6.54 Å². The second-order valence-electron chi connectivity index (χ2n) is 4.48. The summed E-state index contributed by atoms with van der Waals surface area (Å²) < 4.78 is 26.0. The van der Waals surface area contributed by atoms with Crippen LogP contribution in [0.3, 0.4) is 0 Å². The lowest BCUT2D eigenvalue weighted by molar-refractivity contribution is -0.385. The molecule has 0 aliphatic carbocycles. The van der Waals surface area contributed by atoms with Gasteiger partial charge in [-0.25, -0.2) is 8.42 Å². The third kappa shape index (κ3) is 2.92. The highest BCUT2D eigenvalue weighted by molar-refractivity contribution is 9.10. The van der Waals surface area contributed by atoms with E-state index in [4.69, 9.17) is 5.11 Å². The molecule has 2 rings (SSSR count). The van der Waals surface area contributed by atoms with Crippen molar-refractivity contribution in [3.63, 3.8) is 0 Å². The molecule has 1 aliphatic heterocycles. The second-order valence-corrected chi connectivity index (χ2v) is 7.20. The molecular weight excluding hydrogens is 368 g/mol. The maximum atomic E-state index is 12.5. The van der Waals surface area contributed by atoms with Gasteiger partial charge in [-0.3, -0.25) is 14.9 Å². The molecule has 1 aromatic rings. The first-order chi connectivity index (χ1) is 9.75. The number of nitro benzene ring substituents is 1. The average molecular weight is 379 g/mol. The fourth-order valence-corrected chi connectivity index (χ4v) is 4.89. The Balaban J connectivity index is 2.45. The lowest BCUT2D eigenvalue weighted by atomic mass is 10.2. The SMILES string of the molecule is O=C(O)C1CCCN1S(=O)(=O)c1ccc([N+](=O)[O-])cc1Br. The van der Waals surface area contributed by atoms with E-state index in [2.05, 4.69) is 15.9 Å². The third-order valence-corrected chi connectivity index (χ3v) is 6.09. The Morgan fingerprint density at radius 3 is 2.67 bits per heavy atom. The lowest BCUT2D eigenvalue weighted by Gasteiger charge is -2.21. The number of nitrogens with zero attached hydrogens (tertiary/aromatic N) is 2. The zero-order chi connectivity index (χ0) is 15.8. The molecule has 1 aliphatic rings. The van der Waals surface area contributed by atoms with E-state index in [9.17, 15) is 23.3 Å². The number of carboxylic acid groups (broad SMARTS) is 1. The molecule has 1 N–H and O–H groups in total. The van der Waals surface area contributed by atoms with Crippen LogP contribution in [0.25, 0.3) is 0 Å². The van der Waals surface area contributed by atoms with Crippen molar-refractivity contribution in [1.29, 1.82) is 0 Å². The summed E-state index contributed by atoms with van der Waals surface area (Å²) in [5.41, 5.74) is -0.253. The van der Waals surface area contributed by atoms with Gasteiger partial charge in [0.05, 0.1) is 9.82 Å². The summed E-state index contributed by atoms with van der Waals surface area (Å²) in [5.74, 6) is -1.20. The monoisotopic (exact) mass is 378 g/mol. The first kappa shape index (κ1) is 15.9. The Bertz CT molecular complexity index is 705. The fourth-order valence-electron chi connectivity index (χ4n) is 2.21. The van der Waals surface area contributed by atoms with Crippen LogP contribution in [-0.2, 0) is 14.8 Å². The van der Waals surface area contributed by atoms with Gasteiger partial charge < -0.3 is 5.11 Å². The normalized spacial score (nSPS) is 19.6. The molecule has 1 heterocycles. The highest BCUT2D eigenvalue weighted by Crippen LogP contribution is 2.32. The zero-order valence-electron chi connectivity index (χ0n) is 10.6. The van der Waals surface area contributed by atoms with Crippen LogP contribution in [0.1, 0.15) is 12.8 Å². The molecule has 114 valence electrons. The predicted molar refractivity (Wildman–Crippen MR) is 75.3 cm³/mol. The third-order valence-electron chi connectivity index (χ3n) is 3.20. The lowest BCUT2D eigenvalue weighted by Crippen LogP contribution is -2.40. The smallest absolute Gasteiger partial charge is 0.322 e. The van der Waals surface area contributed by atoms with Gasteiger partial charge >= 0.3 is 5.97 Å². The Morgan fingerprint density at radius 1 is 1.48 bits per heavy atom. The van der Waals surface area contributed by atoms with E-state index >= 15 is 0 Å². The van der Waals surface area contributed by atoms with E-state index in [0.29, 0.717) is 6.42 Å². The minimum atomic E-state index is -4.02. The number of carbonyl (C=O) groups is 1. The Labute approximate surface area is 128 Å². The van der Waals surface area contributed by atoms with Gasteiger partial charge in [0.15, 0.2) is 0 Å². The van der Waals surface area contributed by atoms with E-state index in [0.717, 1.165) is 22.5 Å². The van der Waals surface area contributed by atoms with Crippen molar-refractivity contribution in [1.82, 2.24) is 4.31 Å². The van der Waals surface area contributed by atoms with Crippen LogP contribution >= 0.6 is 15.9 Å². The van der Waals surface area contributed by atoms with Crippen LogP contribution in [0.2, 0.25) is 0 Å². The van der Waals surface area contributed by atoms with Crippen LogP contribution < -0.4 is 0 Å². The van der Waals surface area contributed by atoms with Gasteiger partial charge in [-0.15, -0.1) is 0 Å². The molecule has 0 spiro atoms. The largest absolute Gasteiger partial charge is 0.480 e. The number of hydrogen-bond donors (Lipinski definition) is 1. The highest BCUT2D eigenvalue weighted by atomic mass is 79.9. The predicted octanol–water partition coefficient (Wildman–Crippen LogP) is 1.59. The quantitative estimate of drug-likeness (QED) is 0.627. The van der Waals surface area contributed by atoms with E-state index in [1.54, 1.807) is 0 Å². The Kier molecular flexibility index (Phi) is 4.30. The zero-order valence-corrected chi connectivity index (χ0v) is 13.0. The summed E-state index contributed by atoms with van der Waals surface area (Å²) in [6.45, 7) is 0.114. The first-order valence-corrected chi connectivity index (χ1v) is 8.17. The molecular formula is C11H11BrN2O6S. The molecule has 0 aromatic heterocycles. The van der Waals surface area contributed by atoms with Crippen molar-refractivity contribution in [2.45, 2.75) is 23.8 Å². The van der Waals surface area contributed by atoms with Crippen LogP contribution in [0, 0.1) is 10.1 Å². The van der Waals surface area contributed by atoms with Gasteiger partial charge in [-0.2, -0.15) is 4.31 Å². The summed E-state index contributed by atoms with van der Waals surface area (Å²) in [6.07, 6.45) is 0.708. The molecule has 0 radical (unpaired) electrons. The maximum Gasteiger partial charge on any atom is 0.322 e. The van der Waals surface area contributed by atoms with Crippen LogP contribution in [0.15, 0.2) is 27.6 Å². The number of non-ortho nitro benzene ring substituents is 1. The Hall–Kier alpha value is -1.52. The van der Waals surface area contributed by atoms with E-state index in [-0.39, 0.29) is 28.0 Å². The number of carboxylic acids is 1. The molecule has 0 amide bonds. The maximum absolute atomic E-state index is 12.5. The number of sulfonamides is 1. The molecule has 1 unspecified atom stereocenters. The van der Waals surface area contributed by atoms with Gasteiger partial charge in [-0.1, -0.05) is 0 Å². The van der Waals surface area contributed by atoms with Crippen molar-refractivity contribution in [2.24, 2.45) is 0 Å². The van der Waals surface area contributed by atoms with Crippen LogP contribution in [0.4, 0.5) is 5.69 Å². The molecule has 1 saturated heterocycles. The summed E-state index contributed by atoms with van der Waals surface area (Å²) in [6, 6.07) is 2.16. The van der Waals surface area contributed by atoms with Crippen molar-refractivity contribution < 1.29 is 23.2 Å². The summed E-state index contributed by atoms with van der Waals surface area (Å²) in [7, 11) is -4.02. The summed E-state index contributed by atoms with van der Waals surface area (Å²) in [4.78, 5) is 20.9. The standard InChI is InChI=1S/C11H11BrN2O6S/c12-8-6-7(14(17)18)3-4-10(8)21(19,20)13-5-1-2-9(13)11(15)16/h3-4,6,9H,1-2,5H2,(H,15,16). The van der Waals surface area contributed by atoms with E-state index in [1.807, 2.05) is 0 Å². The number of halogens is 1. The van der Waals surface area contributed by atoms with Crippen LogP contribution in [0.5, 0.6) is 0 Å². The van der Waals surface area contributed by atoms with Gasteiger partial charge in [-0.05, 0) is 34.8 Å². The van der Waals surface area contributed by atoms with Crippen LogP contribution in [-0.4, -0.2) is 41.3 Å². The average Bonchev–Trinajstić information content (AvgIpc) is 2.88. The van der Waals surface area contributed by atoms with E-state index < -0.39 is 27.0 Å². The molecule has 1 atom stereocenters. The van der Waals surface area contributed by atoms with Crippen molar-refractivity contribution in [3.8, 4) is 0 Å². The molecule has 1 fully saturated rings. The topological polar surface area (TPSA) is 118 Å². The first-order valence-electron chi connectivity index (χ1n) is 5.93. The second kappa shape index (κ2) is 5.70.